The molecule has 0 aliphatic carbocycles. The van der Waals surface area contributed by atoms with Crippen LogP contribution in [0.25, 0.3) is 10.8 Å². The first kappa shape index (κ1) is 23.7. The van der Waals surface area contributed by atoms with Crippen molar-refractivity contribution in [3.05, 3.63) is 90.3 Å². The molecule has 6 heteroatoms. The van der Waals surface area contributed by atoms with E-state index in [0.29, 0.717) is 12.6 Å². The molecule has 4 rings (SSSR count). The molecule has 0 bridgehead atoms. The summed E-state index contributed by atoms with van der Waals surface area (Å²) in [5, 5.41) is 5.78. The number of nitrogens with zero attached hydrogens (tertiary/aromatic N) is 3. The zero-order chi connectivity index (χ0) is 23.8. The van der Waals surface area contributed by atoms with Crippen LogP contribution in [0.1, 0.15) is 30.9 Å². The van der Waals surface area contributed by atoms with Crippen LogP contribution in [-0.4, -0.2) is 36.3 Å². The van der Waals surface area contributed by atoms with E-state index in [0.717, 1.165) is 56.0 Å². The Morgan fingerprint density at radius 2 is 1.76 bits per heavy atom. The molecule has 1 saturated heterocycles. The van der Waals surface area contributed by atoms with Crippen LogP contribution in [-0.2, 0) is 17.9 Å². The molecule has 3 N–H and O–H groups in total. The molecule has 176 valence electrons. The highest BCUT2D eigenvalue weighted by Gasteiger charge is 2.18. The number of fused-ring (bicyclic) bond motifs is 1. The molecule has 0 unspecified atom stereocenters. The number of rotatable bonds is 8. The van der Waals surface area contributed by atoms with Crippen LogP contribution in [0.15, 0.2) is 84.1 Å². The number of hydrogen-bond donors (Lipinski definition) is 2. The lowest BCUT2D eigenvalue weighted by atomic mass is 10.0. The highest BCUT2D eigenvalue weighted by atomic mass is 16.1. The second kappa shape index (κ2) is 11.6. The molecule has 1 amide bonds. The Kier molecular flexibility index (Phi) is 8.07. The largest absolute Gasteiger partial charge is 0.349 e. The number of nitrogens with one attached hydrogen (secondary N) is 1. The van der Waals surface area contributed by atoms with Gasteiger partial charge in [-0.2, -0.15) is 0 Å². The number of benzene rings is 3. The normalized spacial score (nSPS) is 15.6. The summed E-state index contributed by atoms with van der Waals surface area (Å²) < 4.78 is 0. The van der Waals surface area contributed by atoms with E-state index in [2.05, 4.69) is 52.7 Å². The predicted molar refractivity (Wildman–Crippen MR) is 141 cm³/mol. The number of carbonyl (C=O) groups is 1. The Hall–Kier alpha value is -3.48. The molecular formula is C28H33N5O. The lowest BCUT2D eigenvalue weighted by Crippen LogP contribution is -2.35. The molecule has 3 aromatic rings. The van der Waals surface area contributed by atoms with E-state index < -0.39 is 0 Å². The van der Waals surface area contributed by atoms with Gasteiger partial charge in [-0.3, -0.25) is 19.6 Å². The smallest absolute Gasteiger partial charge is 0.218 e. The molecule has 0 atom stereocenters. The maximum atomic E-state index is 11.5. The van der Waals surface area contributed by atoms with E-state index >= 15 is 0 Å². The van der Waals surface area contributed by atoms with Crippen LogP contribution in [0.3, 0.4) is 0 Å². The second-order valence-corrected chi connectivity index (χ2v) is 8.75. The average Bonchev–Trinajstić information content (AvgIpc) is 2.88. The van der Waals surface area contributed by atoms with Crippen molar-refractivity contribution in [1.82, 2.24) is 10.2 Å². The standard InChI is InChI=1S/C28H33N5O/c1-22(30-14-17-33(21-34)28-10-7-23(19-29)8-11-28)31-27-12-15-32(16-13-27)20-24-6-9-25-4-2-3-5-26(25)18-24/h2-11,14,17-18,21,27H,12-13,15-16,19-20,29H2,1H3,(H,30,31)/b17-14-. The number of carbonyl (C=O) groups excluding carboxylic acids is 1. The van der Waals surface area contributed by atoms with Crippen molar-refractivity contribution in [2.45, 2.75) is 38.9 Å². The first-order chi connectivity index (χ1) is 16.6. The van der Waals surface area contributed by atoms with E-state index in [1.54, 1.807) is 12.4 Å². The molecule has 0 aromatic heterocycles. The van der Waals surface area contributed by atoms with Crippen LogP contribution < -0.4 is 16.0 Å². The molecule has 1 aliphatic heterocycles. The van der Waals surface area contributed by atoms with Crippen molar-refractivity contribution in [2.24, 2.45) is 10.7 Å². The fraction of sp³-hybridized carbons (Fsp3) is 0.286. The number of likely N-dealkylation sites (tertiary alicyclic amines) is 1. The third-order valence-electron chi connectivity index (χ3n) is 6.26. The number of nitrogens with two attached hydrogens (primary N) is 1. The Morgan fingerprint density at radius 1 is 1.06 bits per heavy atom. The van der Waals surface area contributed by atoms with Gasteiger partial charge in [-0.25, -0.2) is 0 Å². The molecule has 1 fully saturated rings. The molecule has 34 heavy (non-hydrogen) atoms. The van der Waals surface area contributed by atoms with Crippen molar-refractivity contribution in [1.29, 1.82) is 0 Å². The lowest BCUT2D eigenvalue weighted by molar-refractivity contribution is -0.106. The van der Waals surface area contributed by atoms with Gasteiger partial charge in [-0.05, 0) is 59.9 Å². The van der Waals surface area contributed by atoms with Crippen molar-refractivity contribution in [3.63, 3.8) is 0 Å². The summed E-state index contributed by atoms with van der Waals surface area (Å²) in [6.45, 7) is 5.52. The summed E-state index contributed by atoms with van der Waals surface area (Å²) in [5.74, 6) is 0.855. The van der Waals surface area contributed by atoms with E-state index in [4.69, 9.17) is 10.7 Å². The minimum absolute atomic E-state index is 0.319. The molecule has 0 radical (unpaired) electrons. The van der Waals surface area contributed by atoms with Gasteiger partial charge >= 0.3 is 0 Å². The van der Waals surface area contributed by atoms with Crippen molar-refractivity contribution in [3.8, 4) is 0 Å². The van der Waals surface area contributed by atoms with Gasteiger partial charge in [0, 0.05) is 44.3 Å². The van der Waals surface area contributed by atoms with E-state index in [-0.39, 0.29) is 0 Å². The topological polar surface area (TPSA) is 74.0 Å². The van der Waals surface area contributed by atoms with Crippen LogP contribution in [0, 0.1) is 0 Å². The molecule has 0 saturated carbocycles. The molecule has 3 aromatic carbocycles. The fourth-order valence-electron chi connectivity index (χ4n) is 4.34. The Labute approximate surface area is 201 Å². The number of amidine groups is 1. The van der Waals surface area contributed by atoms with Crippen molar-refractivity contribution in [2.75, 3.05) is 18.0 Å². The quantitative estimate of drug-likeness (QED) is 0.300. The number of amides is 1. The van der Waals surface area contributed by atoms with Gasteiger partial charge in [0.15, 0.2) is 0 Å². The maximum absolute atomic E-state index is 11.5. The van der Waals surface area contributed by atoms with Crippen molar-refractivity contribution < 1.29 is 4.79 Å². The minimum Gasteiger partial charge on any atom is -0.349 e. The first-order valence-electron chi connectivity index (χ1n) is 11.8. The number of piperidine rings is 1. The summed E-state index contributed by atoms with van der Waals surface area (Å²) in [5.41, 5.74) is 8.82. The molecule has 1 heterocycles. The van der Waals surface area contributed by atoms with Gasteiger partial charge in [0.2, 0.25) is 6.41 Å². The summed E-state index contributed by atoms with van der Waals surface area (Å²) in [6, 6.07) is 23.2. The number of hydrogen-bond acceptors (Lipinski definition) is 4. The van der Waals surface area contributed by atoms with Crippen LogP contribution in [0.4, 0.5) is 5.69 Å². The van der Waals surface area contributed by atoms with Gasteiger partial charge in [-0.15, -0.1) is 0 Å². The molecular weight excluding hydrogens is 422 g/mol. The third-order valence-corrected chi connectivity index (χ3v) is 6.26. The SMILES string of the molecule is CC(=NC1CCN(Cc2ccc3ccccc3c2)CC1)N/C=C\N(C=O)c1ccc(CN)cc1. The summed E-state index contributed by atoms with van der Waals surface area (Å²) >= 11 is 0. The van der Waals surface area contributed by atoms with Crippen LogP contribution in [0.5, 0.6) is 0 Å². The highest BCUT2D eigenvalue weighted by Crippen LogP contribution is 2.20. The van der Waals surface area contributed by atoms with Crippen LogP contribution >= 0.6 is 0 Å². The zero-order valence-electron chi connectivity index (χ0n) is 19.7. The van der Waals surface area contributed by atoms with E-state index in [1.807, 2.05) is 31.2 Å². The Bertz CT molecular complexity index is 1150. The maximum Gasteiger partial charge on any atom is 0.218 e. The van der Waals surface area contributed by atoms with E-state index in [9.17, 15) is 4.79 Å². The molecule has 6 nitrogen and oxygen atoms in total. The number of aliphatic imine (C=N–C) groups is 1. The first-order valence-corrected chi connectivity index (χ1v) is 11.8. The average molecular weight is 456 g/mol. The highest BCUT2D eigenvalue weighted by molar-refractivity contribution is 5.83. The van der Waals surface area contributed by atoms with E-state index in [1.165, 1.54) is 21.2 Å². The monoisotopic (exact) mass is 455 g/mol. The van der Waals surface area contributed by atoms with Gasteiger partial charge in [0.25, 0.3) is 0 Å². The van der Waals surface area contributed by atoms with Crippen LogP contribution in [0.2, 0.25) is 0 Å². The number of anilines is 1. The zero-order valence-corrected chi connectivity index (χ0v) is 19.7. The van der Waals surface area contributed by atoms with Gasteiger partial charge in [0.1, 0.15) is 0 Å². The Morgan fingerprint density at radius 3 is 2.47 bits per heavy atom. The minimum atomic E-state index is 0.319. The van der Waals surface area contributed by atoms with Crippen molar-refractivity contribution >= 4 is 28.7 Å². The van der Waals surface area contributed by atoms with Gasteiger partial charge < -0.3 is 11.1 Å². The summed E-state index contributed by atoms with van der Waals surface area (Å²) in [6.07, 6.45) is 6.33. The summed E-state index contributed by atoms with van der Waals surface area (Å²) in [7, 11) is 0. The summed E-state index contributed by atoms with van der Waals surface area (Å²) in [4.78, 5) is 20.3. The second-order valence-electron chi connectivity index (χ2n) is 8.75. The lowest BCUT2D eigenvalue weighted by Gasteiger charge is -2.30. The molecule has 0 spiro atoms. The Balaban J connectivity index is 1.25. The van der Waals surface area contributed by atoms with Gasteiger partial charge in [0.05, 0.1) is 11.9 Å². The fourth-order valence-corrected chi connectivity index (χ4v) is 4.34. The third kappa shape index (κ3) is 6.31. The molecule has 1 aliphatic rings. The van der Waals surface area contributed by atoms with Gasteiger partial charge in [-0.1, -0.05) is 48.5 Å². The predicted octanol–water partition coefficient (Wildman–Crippen LogP) is 4.41.